The van der Waals surface area contributed by atoms with Gasteiger partial charge in [0.15, 0.2) is 0 Å². The van der Waals surface area contributed by atoms with Crippen LogP contribution in [0, 0.1) is 0 Å². The van der Waals surface area contributed by atoms with Gasteiger partial charge >= 0.3 is 5.97 Å². The summed E-state index contributed by atoms with van der Waals surface area (Å²) in [6.45, 7) is 4.91. The summed E-state index contributed by atoms with van der Waals surface area (Å²) < 4.78 is 5.49. The lowest BCUT2D eigenvalue weighted by Crippen LogP contribution is -2.45. The highest BCUT2D eigenvalue weighted by Crippen LogP contribution is 2.18. The van der Waals surface area contributed by atoms with Gasteiger partial charge in [0.05, 0.1) is 25.4 Å². The molecule has 0 saturated heterocycles. The van der Waals surface area contributed by atoms with Crippen molar-refractivity contribution < 1.29 is 24.5 Å². The Kier molecular flexibility index (Phi) is 58.0. The van der Waals surface area contributed by atoms with Crippen LogP contribution in [-0.2, 0) is 14.3 Å². The Morgan fingerprint density at radius 2 is 0.667 bits per heavy atom. The molecule has 0 spiro atoms. The van der Waals surface area contributed by atoms with Crippen LogP contribution in [0.4, 0.5) is 0 Å². The van der Waals surface area contributed by atoms with Crippen molar-refractivity contribution in [1.29, 1.82) is 0 Å². The first-order valence-corrected chi connectivity index (χ1v) is 31.5. The van der Waals surface area contributed by atoms with Gasteiger partial charge in [-0.1, -0.05) is 321 Å². The summed E-state index contributed by atoms with van der Waals surface area (Å²) in [6, 6.07) is -0.623. The second-order valence-corrected chi connectivity index (χ2v) is 21.8. The van der Waals surface area contributed by atoms with E-state index in [9.17, 15) is 19.8 Å². The lowest BCUT2D eigenvalue weighted by atomic mass is 10.0. The molecule has 0 aliphatic heterocycles. The van der Waals surface area contributed by atoms with E-state index in [-0.39, 0.29) is 18.5 Å². The molecule has 0 bridgehead atoms. The highest BCUT2D eigenvalue weighted by molar-refractivity contribution is 5.76. The molecule has 6 heteroatoms. The number of allylic oxidation sites excluding steroid dienone is 1. The monoisotopic (exact) mass is 974 g/mol. The van der Waals surface area contributed by atoms with E-state index in [2.05, 4.69) is 19.2 Å². The van der Waals surface area contributed by atoms with E-state index in [0.717, 1.165) is 38.5 Å². The average molecular weight is 975 g/mol. The first kappa shape index (κ1) is 67.6. The Labute approximate surface area is 431 Å². The molecular formula is C63H123NO5. The van der Waals surface area contributed by atoms with E-state index in [0.29, 0.717) is 19.4 Å². The highest BCUT2D eigenvalue weighted by atomic mass is 16.5. The molecule has 2 unspecified atom stereocenters. The fourth-order valence-corrected chi connectivity index (χ4v) is 9.99. The molecule has 3 N–H and O–H groups in total. The van der Waals surface area contributed by atoms with Crippen molar-refractivity contribution in [3.63, 3.8) is 0 Å². The van der Waals surface area contributed by atoms with E-state index in [1.807, 2.05) is 6.08 Å². The standard InChI is InChI=1S/C63H123NO5/c1-3-5-7-9-11-13-15-16-30-34-37-41-45-49-53-57-63(68)69-58-54-50-46-42-38-35-32-29-27-25-23-21-19-17-18-20-22-24-26-28-31-33-36-40-44-48-52-56-62(67)64-60(59-65)61(66)55-51-47-43-39-14-12-10-8-6-4-2/h51,55,60-61,65-66H,3-50,52-54,56-59H2,1-2H3,(H,64,67)/b55-51+. The van der Waals surface area contributed by atoms with E-state index in [4.69, 9.17) is 4.74 Å². The van der Waals surface area contributed by atoms with Crippen molar-refractivity contribution in [1.82, 2.24) is 5.32 Å². The van der Waals surface area contributed by atoms with Crippen LogP contribution in [0.1, 0.15) is 354 Å². The number of unbranched alkanes of at least 4 members (excludes halogenated alkanes) is 48. The second kappa shape index (κ2) is 59.2. The summed E-state index contributed by atoms with van der Waals surface area (Å²) in [5.74, 6) is -0.0446. The normalized spacial score (nSPS) is 12.6. The quantitative estimate of drug-likeness (QED) is 0.0321. The molecule has 0 aromatic heterocycles. The average Bonchev–Trinajstić information content (AvgIpc) is 3.35. The van der Waals surface area contributed by atoms with E-state index in [1.165, 1.54) is 289 Å². The molecule has 0 aromatic rings. The third-order valence-corrected chi connectivity index (χ3v) is 14.8. The third kappa shape index (κ3) is 55.8. The van der Waals surface area contributed by atoms with Crippen molar-refractivity contribution in [2.24, 2.45) is 0 Å². The van der Waals surface area contributed by atoms with Crippen LogP contribution in [-0.4, -0.2) is 47.4 Å². The van der Waals surface area contributed by atoms with Crippen molar-refractivity contribution in [3.05, 3.63) is 12.2 Å². The van der Waals surface area contributed by atoms with Gasteiger partial charge in [-0.2, -0.15) is 0 Å². The van der Waals surface area contributed by atoms with Gasteiger partial charge in [-0.25, -0.2) is 0 Å². The molecule has 0 aromatic carbocycles. The molecule has 2 atom stereocenters. The molecule has 410 valence electrons. The summed E-state index contributed by atoms with van der Waals surface area (Å²) in [6.07, 6.45) is 71.3. The van der Waals surface area contributed by atoms with Gasteiger partial charge in [0, 0.05) is 12.8 Å². The van der Waals surface area contributed by atoms with Crippen LogP contribution in [0.5, 0.6) is 0 Å². The minimum atomic E-state index is -0.839. The van der Waals surface area contributed by atoms with Crippen LogP contribution < -0.4 is 5.32 Å². The maximum absolute atomic E-state index is 12.4. The number of carbonyl (C=O) groups excluding carboxylic acids is 2. The first-order valence-electron chi connectivity index (χ1n) is 31.5. The second-order valence-electron chi connectivity index (χ2n) is 21.8. The summed E-state index contributed by atoms with van der Waals surface area (Å²) in [5, 5.41) is 23.0. The van der Waals surface area contributed by atoms with Crippen molar-refractivity contribution in [2.45, 2.75) is 366 Å². The Morgan fingerprint density at radius 3 is 0.986 bits per heavy atom. The Balaban J connectivity index is 3.32. The molecule has 0 rings (SSSR count). The van der Waals surface area contributed by atoms with Crippen molar-refractivity contribution in [2.75, 3.05) is 13.2 Å². The topological polar surface area (TPSA) is 95.9 Å². The zero-order valence-electron chi connectivity index (χ0n) is 46.8. The predicted octanol–water partition coefficient (Wildman–Crippen LogP) is 19.6. The molecule has 0 radical (unpaired) electrons. The summed E-state index contributed by atoms with van der Waals surface area (Å²) >= 11 is 0. The lowest BCUT2D eigenvalue weighted by Gasteiger charge is -2.20. The molecule has 0 fully saturated rings. The van der Waals surface area contributed by atoms with E-state index >= 15 is 0 Å². The Hall–Kier alpha value is -1.40. The summed E-state index contributed by atoms with van der Waals surface area (Å²) in [7, 11) is 0. The number of nitrogens with one attached hydrogen (secondary N) is 1. The van der Waals surface area contributed by atoms with Gasteiger partial charge < -0.3 is 20.3 Å². The number of amides is 1. The zero-order valence-corrected chi connectivity index (χ0v) is 46.8. The lowest BCUT2D eigenvalue weighted by molar-refractivity contribution is -0.143. The highest BCUT2D eigenvalue weighted by Gasteiger charge is 2.18. The number of esters is 1. The molecule has 0 heterocycles. The van der Waals surface area contributed by atoms with Crippen LogP contribution in [0.15, 0.2) is 12.2 Å². The number of ether oxygens (including phenoxy) is 1. The van der Waals surface area contributed by atoms with Gasteiger partial charge in [-0.3, -0.25) is 9.59 Å². The van der Waals surface area contributed by atoms with Gasteiger partial charge in [0.25, 0.3) is 0 Å². The smallest absolute Gasteiger partial charge is 0.305 e. The Bertz CT molecular complexity index is 1030. The number of carbonyl (C=O) groups is 2. The predicted molar refractivity (Wildman–Crippen MR) is 301 cm³/mol. The molecule has 69 heavy (non-hydrogen) atoms. The SMILES string of the molecule is CCCCCCCCCC/C=C/C(O)C(CO)NC(=O)CCCCCCCCCCCCCCCCCCCCCCCCCCCCCOC(=O)CCCCCCCCCCCCCCCCC. The molecule has 1 amide bonds. The zero-order chi connectivity index (χ0) is 50.0. The minimum absolute atomic E-state index is 0.0210. The molecular weight excluding hydrogens is 851 g/mol. The molecule has 0 aliphatic rings. The van der Waals surface area contributed by atoms with Gasteiger partial charge in [0.1, 0.15) is 0 Å². The van der Waals surface area contributed by atoms with Gasteiger partial charge in [-0.15, -0.1) is 0 Å². The maximum Gasteiger partial charge on any atom is 0.305 e. The molecule has 0 aliphatic carbocycles. The molecule has 0 saturated carbocycles. The van der Waals surface area contributed by atoms with Crippen LogP contribution >= 0.6 is 0 Å². The number of hydrogen-bond donors (Lipinski definition) is 3. The number of rotatable bonds is 59. The number of aliphatic hydroxyl groups excluding tert-OH is 2. The summed E-state index contributed by atoms with van der Waals surface area (Å²) in [5.41, 5.74) is 0. The van der Waals surface area contributed by atoms with E-state index < -0.39 is 12.1 Å². The van der Waals surface area contributed by atoms with Crippen LogP contribution in [0.3, 0.4) is 0 Å². The number of hydrogen-bond acceptors (Lipinski definition) is 5. The largest absolute Gasteiger partial charge is 0.466 e. The van der Waals surface area contributed by atoms with Gasteiger partial charge in [0.2, 0.25) is 5.91 Å². The Morgan fingerprint density at radius 1 is 0.391 bits per heavy atom. The van der Waals surface area contributed by atoms with Crippen molar-refractivity contribution >= 4 is 11.9 Å². The van der Waals surface area contributed by atoms with Crippen LogP contribution in [0.25, 0.3) is 0 Å². The number of aliphatic hydroxyl groups is 2. The fraction of sp³-hybridized carbons (Fsp3) is 0.937. The van der Waals surface area contributed by atoms with Crippen molar-refractivity contribution in [3.8, 4) is 0 Å². The van der Waals surface area contributed by atoms with E-state index in [1.54, 1.807) is 6.08 Å². The van der Waals surface area contributed by atoms with Crippen LogP contribution in [0.2, 0.25) is 0 Å². The maximum atomic E-state index is 12.4. The minimum Gasteiger partial charge on any atom is -0.466 e. The summed E-state index contributed by atoms with van der Waals surface area (Å²) in [4.78, 5) is 24.5. The van der Waals surface area contributed by atoms with Gasteiger partial charge in [-0.05, 0) is 32.1 Å². The fourth-order valence-electron chi connectivity index (χ4n) is 9.99. The third-order valence-electron chi connectivity index (χ3n) is 14.8. The first-order chi connectivity index (χ1) is 34.0. The molecule has 6 nitrogen and oxygen atoms in total.